The number of esters is 1. The second kappa shape index (κ2) is 10.4. The summed E-state index contributed by atoms with van der Waals surface area (Å²) in [6.07, 6.45) is 0. The van der Waals surface area contributed by atoms with Crippen molar-refractivity contribution in [1.29, 1.82) is 0 Å². The zero-order valence-corrected chi connectivity index (χ0v) is 16.6. The molecule has 0 spiro atoms. The van der Waals surface area contributed by atoms with Gasteiger partial charge in [-0.3, -0.25) is 0 Å². The highest BCUT2D eigenvalue weighted by Gasteiger charge is 2.15. The molecule has 152 valence electrons. The minimum absolute atomic E-state index is 0.224. The van der Waals surface area contributed by atoms with Crippen LogP contribution in [0.4, 0.5) is 8.78 Å². The van der Waals surface area contributed by atoms with Crippen LogP contribution in [-0.4, -0.2) is 46.3 Å². The number of hydrogen-bond donors (Lipinski definition) is 1. The van der Waals surface area contributed by atoms with Crippen LogP contribution in [0.25, 0.3) is 0 Å². The summed E-state index contributed by atoms with van der Waals surface area (Å²) < 4.78 is 61.3. The molecule has 0 radical (unpaired) electrons. The lowest BCUT2D eigenvalue weighted by Gasteiger charge is -2.10. The molecule has 0 heterocycles. The third kappa shape index (κ3) is 6.47. The summed E-state index contributed by atoms with van der Waals surface area (Å²) in [5.74, 6) is -3.13. The highest BCUT2D eigenvalue weighted by molar-refractivity contribution is 7.99. The van der Waals surface area contributed by atoms with E-state index in [9.17, 15) is 22.0 Å². The molecule has 0 saturated heterocycles. The SMILES string of the molecule is COC(=O)COc1c(F)cc(SCCNCS(=O)(=O)c2ccccc2)cc1F. The van der Waals surface area contributed by atoms with Crippen LogP contribution in [0, 0.1) is 11.6 Å². The summed E-state index contributed by atoms with van der Waals surface area (Å²) in [6, 6.07) is 10.2. The van der Waals surface area contributed by atoms with Crippen molar-refractivity contribution in [2.45, 2.75) is 9.79 Å². The number of carbonyl (C=O) groups excluding carboxylic acids is 1. The molecular formula is C18H19F2NO5S2. The predicted octanol–water partition coefficient (Wildman–Crippen LogP) is 2.63. The number of thioether (sulfide) groups is 1. The van der Waals surface area contributed by atoms with Gasteiger partial charge in [-0.25, -0.2) is 22.0 Å². The van der Waals surface area contributed by atoms with Crippen molar-refractivity contribution in [2.24, 2.45) is 0 Å². The predicted molar refractivity (Wildman–Crippen MR) is 101 cm³/mol. The number of nitrogens with one attached hydrogen (secondary N) is 1. The van der Waals surface area contributed by atoms with Gasteiger partial charge in [-0.1, -0.05) is 18.2 Å². The van der Waals surface area contributed by atoms with Crippen LogP contribution in [0.3, 0.4) is 0 Å². The van der Waals surface area contributed by atoms with E-state index >= 15 is 0 Å². The molecule has 0 aliphatic carbocycles. The fraction of sp³-hybridized carbons (Fsp3) is 0.278. The van der Waals surface area contributed by atoms with E-state index in [0.717, 1.165) is 31.0 Å². The first-order chi connectivity index (χ1) is 13.3. The Morgan fingerprint density at radius 1 is 1.14 bits per heavy atom. The average Bonchev–Trinajstić information content (AvgIpc) is 2.67. The second-order valence-electron chi connectivity index (χ2n) is 5.50. The van der Waals surface area contributed by atoms with E-state index in [1.807, 2.05) is 0 Å². The van der Waals surface area contributed by atoms with Gasteiger partial charge >= 0.3 is 5.97 Å². The summed E-state index contributed by atoms with van der Waals surface area (Å²) in [7, 11) is -2.30. The normalized spacial score (nSPS) is 11.2. The van der Waals surface area contributed by atoms with E-state index in [-0.39, 0.29) is 10.8 Å². The first-order valence-electron chi connectivity index (χ1n) is 8.13. The lowest BCUT2D eigenvalue weighted by Crippen LogP contribution is -2.25. The minimum Gasteiger partial charge on any atom is -0.476 e. The number of benzene rings is 2. The summed E-state index contributed by atoms with van der Waals surface area (Å²) >= 11 is 1.15. The Hall–Kier alpha value is -2.17. The summed E-state index contributed by atoms with van der Waals surface area (Å²) in [5, 5.41) is 2.80. The molecule has 1 N–H and O–H groups in total. The Labute approximate surface area is 166 Å². The fourth-order valence-electron chi connectivity index (χ4n) is 2.11. The van der Waals surface area contributed by atoms with Crippen LogP contribution >= 0.6 is 11.8 Å². The maximum atomic E-state index is 14.0. The Morgan fingerprint density at radius 3 is 2.39 bits per heavy atom. The second-order valence-corrected chi connectivity index (χ2v) is 8.66. The van der Waals surface area contributed by atoms with Crippen molar-refractivity contribution in [2.75, 3.05) is 31.9 Å². The van der Waals surface area contributed by atoms with Crippen LogP contribution < -0.4 is 10.1 Å². The monoisotopic (exact) mass is 431 g/mol. The van der Waals surface area contributed by atoms with Gasteiger partial charge in [0.25, 0.3) is 0 Å². The van der Waals surface area contributed by atoms with E-state index in [4.69, 9.17) is 4.74 Å². The molecular weight excluding hydrogens is 412 g/mol. The smallest absolute Gasteiger partial charge is 0.343 e. The number of hydrogen-bond acceptors (Lipinski definition) is 7. The standard InChI is InChI=1S/C18H19F2NO5S2/c1-25-17(22)11-26-18-15(19)9-13(10-16(18)20)27-8-7-21-12-28(23,24)14-5-3-2-4-6-14/h2-6,9-10,21H,7-8,11-12H2,1H3. The molecule has 0 bridgehead atoms. The molecule has 6 nitrogen and oxygen atoms in total. The number of methoxy groups -OCH3 is 1. The highest BCUT2D eigenvalue weighted by atomic mass is 32.2. The first-order valence-corrected chi connectivity index (χ1v) is 10.8. The number of sulfone groups is 1. The van der Waals surface area contributed by atoms with Crippen molar-refractivity contribution < 1.29 is 31.5 Å². The lowest BCUT2D eigenvalue weighted by molar-refractivity contribution is -0.143. The van der Waals surface area contributed by atoms with Crippen molar-refractivity contribution >= 4 is 27.6 Å². The van der Waals surface area contributed by atoms with Crippen LogP contribution in [0.15, 0.2) is 52.3 Å². The number of halogens is 2. The number of carbonyl (C=O) groups is 1. The van der Waals surface area contributed by atoms with Gasteiger partial charge in [0.1, 0.15) is 5.88 Å². The maximum absolute atomic E-state index is 14.0. The molecule has 0 aliphatic heterocycles. The molecule has 2 aromatic rings. The molecule has 0 atom stereocenters. The molecule has 0 fully saturated rings. The summed E-state index contributed by atoms with van der Waals surface area (Å²) in [5.41, 5.74) is 0. The van der Waals surface area contributed by atoms with E-state index in [1.165, 1.54) is 12.1 Å². The molecule has 28 heavy (non-hydrogen) atoms. The Kier molecular flexibility index (Phi) is 8.21. The highest BCUT2D eigenvalue weighted by Crippen LogP contribution is 2.28. The van der Waals surface area contributed by atoms with Gasteiger partial charge in [0.15, 0.2) is 33.8 Å². The van der Waals surface area contributed by atoms with Gasteiger partial charge in [-0.15, -0.1) is 11.8 Å². The molecule has 0 amide bonds. The van der Waals surface area contributed by atoms with Gasteiger partial charge in [0, 0.05) is 17.2 Å². The Balaban J connectivity index is 1.82. The molecule has 2 rings (SSSR count). The molecule has 0 aromatic heterocycles. The molecule has 2 aromatic carbocycles. The fourth-order valence-corrected chi connectivity index (χ4v) is 4.11. The number of ether oxygens (including phenoxy) is 2. The van der Waals surface area contributed by atoms with E-state index in [1.54, 1.807) is 18.2 Å². The molecule has 0 unspecified atom stereocenters. The van der Waals surface area contributed by atoms with Crippen LogP contribution in [0.1, 0.15) is 0 Å². The third-order valence-electron chi connectivity index (χ3n) is 3.48. The van der Waals surface area contributed by atoms with Crippen molar-refractivity contribution in [3.05, 3.63) is 54.1 Å². The lowest BCUT2D eigenvalue weighted by atomic mass is 10.3. The molecule has 10 heteroatoms. The molecule has 0 aliphatic rings. The zero-order chi connectivity index (χ0) is 20.6. The van der Waals surface area contributed by atoms with Crippen LogP contribution in [-0.2, 0) is 19.4 Å². The topological polar surface area (TPSA) is 81.7 Å². The third-order valence-corrected chi connectivity index (χ3v) is 6.03. The quantitative estimate of drug-likeness (QED) is 0.352. The van der Waals surface area contributed by atoms with Crippen molar-refractivity contribution in [3.8, 4) is 5.75 Å². The Bertz CT molecular complexity index is 884. The zero-order valence-electron chi connectivity index (χ0n) is 15.0. The van der Waals surface area contributed by atoms with Gasteiger partial charge in [-0.05, 0) is 24.3 Å². The van der Waals surface area contributed by atoms with Gasteiger partial charge in [0.2, 0.25) is 0 Å². The average molecular weight is 431 g/mol. The van der Waals surface area contributed by atoms with Gasteiger partial charge < -0.3 is 14.8 Å². The van der Waals surface area contributed by atoms with E-state index in [2.05, 4.69) is 10.1 Å². The van der Waals surface area contributed by atoms with Gasteiger partial charge in [-0.2, -0.15) is 0 Å². The first kappa shape index (κ1) is 22.1. The van der Waals surface area contributed by atoms with E-state index in [0.29, 0.717) is 17.2 Å². The number of rotatable bonds is 10. The largest absolute Gasteiger partial charge is 0.476 e. The summed E-state index contributed by atoms with van der Waals surface area (Å²) in [6.45, 7) is -0.281. The van der Waals surface area contributed by atoms with Crippen molar-refractivity contribution in [3.63, 3.8) is 0 Å². The van der Waals surface area contributed by atoms with Crippen LogP contribution in [0.5, 0.6) is 5.75 Å². The minimum atomic E-state index is -3.43. The maximum Gasteiger partial charge on any atom is 0.343 e. The van der Waals surface area contributed by atoms with Crippen molar-refractivity contribution in [1.82, 2.24) is 5.32 Å². The van der Waals surface area contributed by atoms with E-state index < -0.39 is 39.8 Å². The molecule has 0 saturated carbocycles. The van der Waals surface area contributed by atoms with Gasteiger partial charge in [0.05, 0.1) is 12.0 Å². The van der Waals surface area contributed by atoms with Crippen LogP contribution in [0.2, 0.25) is 0 Å². The summed E-state index contributed by atoms with van der Waals surface area (Å²) in [4.78, 5) is 11.5. The Morgan fingerprint density at radius 2 is 1.79 bits per heavy atom.